The molecule has 0 radical (unpaired) electrons. The molecular weight excluding hydrogens is 110 g/mol. The first-order chi connectivity index (χ1) is 4.47. The van der Waals surface area contributed by atoms with Crippen molar-refractivity contribution < 1.29 is 0 Å². The van der Waals surface area contributed by atoms with Crippen LogP contribution in [-0.4, -0.2) is 13.1 Å². The van der Waals surface area contributed by atoms with Gasteiger partial charge in [-0.1, -0.05) is 17.7 Å². The Morgan fingerprint density at radius 1 is 1.44 bits per heavy atom. The summed E-state index contributed by atoms with van der Waals surface area (Å²) in [4.78, 5) is 0. The molecule has 0 saturated heterocycles. The van der Waals surface area contributed by atoms with E-state index in [9.17, 15) is 0 Å². The maximum absolute atomic E-state index is 3.35. The van der Waals surface area contributed by atoms with Crippen LogP contribution in [0.3, 0.4) is 0 Å². The second kappa shape index (κ2) is 1.99. The standard InChI is InChI=1S/C8H11N/c1-2-7-4-5-9-6-8(7)3-1/h1,3,9H,2,4-6H2. The Labute approximate surface area is 55.5 Å². The highest BCUT2D eigenvalue weighted by Gasteiger charge is 2.11. The Morgan fingerprint density at radius 2 is 2.44 bits per heavy atom. The van der Waals surface area contributed by atoms with Crippen LogP contribution in [0.25, 0.3) is 0 Å². The molecule has 2 aliphatic rings. The highest BCUT2D eigenvalue weighted by molar-refractivity contribution is 5.36. The van der Waals surface area contributed by atoms with Crippen LogP contribution >= 0.6 is 0 Å². The molecule has 48 valence electrons. The molecule has 0 atom stereocenters. The van der Waals surface area contributed by atoms with Crippen LogP contribution < -0.4 is 5.32 Å². The Kier molecular flexibility index (Phi) is 1.16. The molecule has 2 rings (SSSR count). The monoisotopic (exact) mass is 121 g/mol. The van der Waals surface area contributed by atoms with Crippen molar-refractivity contribution in [1.29, 1.82) is 0 Å². The molecule has 0 aromatic carbocycles. The smallest absolute Gasteiger partial charge is 0.0205 e. The van der Waals surface area contributed by atoms with Gasteiger partial charge in [0.15, 0.2) is 0 Å². The molecule has 1 nitrogen and oxygen atoms in total. The van der Waals surface area contributed by atoms with Crippen molar-refractivity contribution in [3.05, 3.63) is 23.3 Å². The lowest BCUT2D eigenvalue weighted by molar-refractivity contribution is 0.685. The van der Waals surface area contributed by atoms with E-state index in [0.717, 1.165) is 6.54 Å². The molecule has 1 heterocycles. The fraction of sp³-hybridized carbons (Fsp3) is 0.500. The second-order valence-corrected chi connectivity index (χ2v) is 2.66. The summed E-state index contributed by atoms with van der Waals surface area (Å²) >= 11 is 0. The van der Waals surface area contributed by atoms with Crippen LogP contribution in [0, 0.1) is 0 Å². The third-order valence-corrected chi connectivity index (χ3v) is 2.06. The SMILES string of the molecule is C1=CC2=C(C1)CCNC2. The zero-order valence-electron chi connectivity index (χ0n) is 5.48. The summed E-state index contributed by atoms with van der Waals surface area (Å²) in [7, 11) is 0. The highest BCUT2D eigenvalue weighted by atomic mass is 14.9. The van der Waals surface area contributed by atoms with Gasteiger partial charge in [0, 0.05) is 6.54 Å². The fourth-order valence-corrected chi connectivity index (χ4v) is 1.50. The summed E-state index contributed by atoms with van der Waals surface area (Å²) in [5.74, 6) is 0. The molecule has 0 aromatic rings. The van der Waals surface area contributed by atoms with Gasteiger partial charge in [-0.3, -0.25) is 0 Å². The van der Waals surface area contributed by atoms with E-state index in [2.05, 4.69) is 17.5 Å². The molecule has 0 amide bonds. The van der Waals surface area contributed by atoms with Crippen LogP contribution in [0.15, 0.2) is 23.3 Å². The van der Waals surface area contributed by atoms with E-state index in [0.29, 0.717) is 0 Å². The van der Waals surface area contributed by atoms with Gasteiger partial charge in [-0.15, -0.1) is 0 Å². The van der Waals surface area contributed by atoms with Crippen molar-refractivity contribution >= 4 is 0 Å². The lowest BCUT2D eigenvalue weighted by atomic mass is 10.0. The third kappa shape index (κ3) is 0.815. The van der Waals surface area contributed by atoms with Crippen molar-refractivity contribution in [2.75, 3.05) is 13.1 Å². The quantitative estimate of drug-likeness (QED) is 0.508. The van der Waals surface area contributed by atoms with Gasteiger partial charge in [0.25, 0.3) is 0 Å². The fourth-order valence-electron chi connectivity index (χ4n) is 1.50. The lowest BCUT2D eigenvalue weighted by Gasteiger charge is -2.14. The molecule has 1 heteroatoms. The zero-order valence-corrected chi connectivity index (χ0v) is 5.48. The van der Waals surface area contributed by atoms with Gasteiger partial charge in [0.05, 0.1) is 0 Å². The molecule has 0 aromatic heterocycles. The largest absolute Gasteiger partial charge is 0.312 e. The molecule has 1 aliphatic heterocycles. The number of hydrogen-bond acceptors (Lipinski definition) is 1. The number of allylic oxidation sites excluding steroid dienone is 1. The van der Waals surface area contributed by atoms with E-state index in [-0.39, 0.29) is 0 Å². The first kappa shape index (κ1) is 5.24. The van der Waals surface area contributed by atoms with E-state index >= 15 is 0 Å². The van der Waals surface area contributed by atoms with Crippen LogP contribution in [0.1, 0.15) is 12.8 Å². The van der Waals surface area contributed by atoms with Crippen molar-refractivity contribution in [2.24, 2.45) is 0 Å². The van der Waals surface area contributed by atoms with Crippen LogP contribution in [0.4, 0.5) is 0 Å². The Morgan fingerprint density at radius 3 is 3.33 bits per heavy atom. The minimum atomic E-state index is 1.10. The van der Waals surface area contributed by atoms with Crippen molar-refractivity contribution in [1.82, 2.24) is 5.32 Å². The highest BCUT2D eigenvalue weighted by Crippen LogP contribution is 2.23. The molecule has 0 bridgehead atoms. The average molecular weight is 121 g/mol. The van der Waals surface area contributed by atoms with Crippen molar-refractivity contribution in [2.45, 2.75) is 12.8 Å². The maximum atomic E-state index is 3.35. The van der Waals surface area contributed by atoms with E-state index in [1.807, 2.05) is 0 Å². The first-order valence-electron chi connectivity index (χ1n) is 3.55. The second-order valence-electron chi connectivity index (χ2n) is 2.66. The molecule has 1 N–H and O–H groups in total. The van der Waals surface area contributed by atoms with Crippen LogP contribution in [-0.2, 0) is 0 Å². The van der Waals surface area contributed by atoms with Gasteiger partial charge >= 0.3 is 0 Å². The summed E-state index contributed by atoms with van der Waals surface area (Å²) in [5.41, 5.74) is 3.20. The van der Waals surface area contributed by atoms with E-state index in [1.54, 1.807) is 11.1 Å². The van der Waals surface area contributed by atoms with Gasteiger partial charge in [-0.25, -0.2) is 0 Å². The predicted octanol–water partition coefficient (Wildman–Crippen LogP) is 1.24. The average Bonchev–Trinajstić information content (AvgIpc) is 2.33. The Bertz CT molecular complexity index is 177. The summed E-state index contributed by atoms with van der Waals surface area (Å²) in [6.07, 6.45) is 7.00. The molecule has 0 fully saturated rings. The van der Waals surface area contributed by atoms with Crippen LogP contribution in [0.5, 0.6) is 0 Å². The van der Waals surface area contributed by atoms with Crippen molar-refractivity contribution in [3.8, 4) is 0 Å². The van der Waals surface area contributed by atoms with Gasteiger partial charge < -0.3 is 5.32 Å². The summed E-state index contributed by atoms with van der Waals surface area (Å²) < 4.78 is 0. The molecule has 0 saturated carbocycles. The summed E-state index contributed by atoms with van der Waals surface area (Å²) in [6.45, 7) is 2.28. The molecule has 0 spiro atoms. The van der Waals surface area contributed by atoms with E-state index < -0.39 is 0 Å². The lowest BCUT2D eigenvalue weighted by Crippen LogP contribution is -2.23. The summed E-state index contributed by atoms with van der Waals surface area (Å²) in [6, 6.07) is 0. The number of hydrogen-bond donors (Lipinski definition) is 1. The van der Waals surface area contributed by atoms with Gasteiger partial charge in [0.2, 0.25) is 0 Å². The minimum Gasteiger partial charge on any atom is -0.312 e. The van der Waals surface area contributed by atoms with E-state index in [1.165, 1.54) is 19.4 Å². The minimum absolute atomic E-state index is 1.10. The maximum Gasteiger partial charge on any atom is 0.0205 e. The molecular formula is C8H11N. The van der Waals surface area contributed by atoms with Gasteiger partial charge in [-0.05, 0) is 25.0 Å². The predicted molar refractivity (Wildman–Crippen MR) is 38.3 cm³/mol. The summed E-state index contributed by atoms with van der Waals surface area (Å²) in [5, 5.41) is 3.35. The number of nitrogens with one attached hydrogen (secondary N) is 1. The normalized spacial score (nSPS) is 24.9. The molecule has 0 unspecified atom stereocenters. The van der Waals surface area contributed by atoms with Crippen LogP contribution in [0.2, 0.25) is 0 Å². The first-order valence-corrected chi connectivity index (χ1v) is 3.55. The Hall–Kier alpha value is -0.560. The Balaban J connectivity index is 2.24. The third-order valence-electron chi connectivity index (χ3n) is 2.06. The number of rotatable bonds is 0. The van der Waals surface area contributed by atoms with E-state index in [4.69, 9.17) is 0 Å². The van der Waals surface area contributed by atoms with Gasteiger partial charge in [-0.2, -0.15) is 0 Å². The van der Waals surface area contributed by atoms with Gasteiger partial charge in [0.1, 0.15) is 0 Å². The molecule has 1 aliphatic carbocycles. The van der Waals surface area contributed by atoms with Crippen molar-refractivity contribution in [3.63, 3.8) is 0 Å². The zero-order chi connectivity index (χ0) is 6.10. The topological polar surface area (TPSA) is 12.0 Å². The molecule has 9 heavy (non-hydrogen) atoms.